The molecule has 1 fully saturated rings. The first-order valence-electron chi connectivity index (χ1n) is 4.87. The molecule has 0 aliphatic heterocycles. The number of ether oxygens (including phenoxy) is 1. The van der Waals surface area contributed by atoms with Gasteiger partial charge in [0.15, 0.2) is 0 Å². The Morgan fingerprint density at radius 3 is 2.73 bits per heavy atom. The fraction of sp³-hybridized carbons (Fsp3) is 0.500. The van der Waals surface area contributed by atoms with Gasteiger partial charge in [-0.3, -0.25) is 0 Å². The molecule has 82 valence electrons. The summed E-state index contributed by atoms with van der Waals surface area (Å²) in [5.74, 6) is 0.183. The van der Waals surface area contributed by atoms with E-state index in [9.17, 15) is 4.79 Å². The lowest BCUT2D eigenvalue weighted by atomic mass is 10.1. The molecule has 0 bridgehead atoms. The molecule has 0 saturated heterocycles. The highest BCUT2D eigenvalue weighted by atomic mass is 32.1. The normalized spacial score (nSPS) is 15.1. The van der Waals surface area contributed by atoms with E-state index in [0.29, 0.717) is 16.5 Å². The summed E-state index contributed by atoms with van der Waals surface area (Å²) in [6, 6.07) is 0. The minimum Gasteiger partial charge on any atom is -0.465 e. The predicted molar refractivity (Wildman–Crippen MR) is 61.6 cm³/mol. The summed E-state index contributed by atoms with van der Waals surface area (Å²) in [5.41, 5.74) is 7.66. The van der Waals surface area contributed by atoms with Crippen LogP contribution in [0.15, 0.2) is 0 Å². The molecule has 1 saturated carbocycles. The van der Waals surface area contributed by atoms with Crippen LogP contribution in [0.1, 0.15) is 34.0 Å². The van der Waals surface area contributed by atoms with Crippen LogP contribution in [-0.2, 0) is 4.74 Å². The number of anilines is 2. The van der Waals surface area contributed by atoms with Crippen LogP contribution in [0, 0.1) is 0 Å². The average molecular weight is 226 g/mol. The summed E-state index contributed by atoms with van der Waals surface area (Å²) in [5, 5.41) is 4.08. The van der Waals surface area contributed by atoms with Gasteiger partial charge < -0.3 is 15.8 Å². The number of carbonyl (C=O) groups excluding carboxylic acids is 1. The number of thiophene rings is 1. The largest absolute Gasteiger partial charge is 0.465 e. The van der Waals surface area contributed by atoms with Gasteiger partial charge in [0.05, 0.1) is 17.8 Å². The Bertz CT molecular complexity index is 396. The zero-order chi connectivity index (χ0) is 11.0. The Balaban J connectivity index is 2.44. The average Bonchev–Trinajstić information content (AvgIpc) is 3.02. The number of methoxy groups -OCH3 is 1. The number of esters is 1. The standard InChI is InChI=1S/C10H14N2O2S/c1-12-9-6(5-3-4-5)7(11)8(15-9)10(13)14-2/h5,12H,3-4,11H2,1-2H3. The topological polar surface area (TPSA) is 64.3 Å². The summed E-state index contributed by atoms with van der Waals surface area (Å²) < 4.78 is 4.69. The number of nitrogen functional groups attached to an aromatic ring is 1. The van der Waals surface area contributed by atoms with Crippen LogP contribution in [0.3, 0.4) is 0 Å². The van der Waals surface area contributed by atoms with E-state index in [0.717, 1.165) is 23.4 Å². The third-order valence-electron chi connectivity index (χ3n) is 2.57. The molecule has 1 aliphatic carbocycles. The number of hydrogen-bond donors (Lipinski definition) is 2. The van der Waals surface area contributed by atoms with Gasteiger partial charge in [0.2, 0.25) is 0 Å². The van der Waals surface area contributed by atoms with Gasteiger partial charge in [-0.2, -0.15) is 0 Å². The molecule has 0 amide bonds. The van der Waals surface area contributed by atoms with Crippen molar-refractivity contribution in [3.8, 4) is 0 Å². The molecule has 3 N–H and O–H groups in total. The first-order valence-corrected chi connectivity index (χ1v) is 5.69. The number of nitrogens with one attached hydrogen (secondary N) is 1. The summed E-state index contributed by atoms with van der Waals surface area (Å²) in [6.07, 6.45) is 2.33. The maximum Gasteiger partial charge on any atom is 0.350 e. The Morgan fingerprint density at radius 1 is 1.60 bits per heavy atom. The Morgan fingerprint density at radius 2 is 2.27 bits per heavy atom. The molecule has 0 unspecified atom stereocenters. The SMILES string of the molecule is CNc1sc(C(=O)OC)c(N)c1C1CC1. The molecule has 1 aromatic heterocycles. The molecule has 4 nitrogen and oxygen atoms in total. The molecule has 1 aliphatic rings. The highest BCUT2D eigenvalue weighted by molar-refractivity contribution is 7.18. The molecule has 1 aromatic rings. The van der Waals surface area contributed by atoms with Crippen molar-refractivity contribution in [3.05, 3.63) is 10.4 Å². The van der Waals surface area contributed by atoms with Crippen molar-refractivity contribution in [2.45, 2.75) is 18.8 Å². The van der Waals surface area contributed by atoms with Gasteiger partial charge in [-0.05, 0) is 18.8 Å². The maximum absolute atomic E-state index is 11.4. The van der Waals surface area contributed by atoms with Crippen LogP contribution in [0.5, 0.6) is 0 Å². The van der Waals surface area contributed by atoms with E-state index in [-0.39, 0.29) is 5.97 Å². The monoisotopic (exact) mass is 226 g/mol. The Labute approximate surface area is 92.4 Å². The zero-order valence-electron chi connectivity index (χ0n) is 8.79. The maximum atomic E-state index is 11.4. The minimum absolute atomic E-state index is 0.346. The quantitative estimate of drug-likeness (QED) is 0.774. The van der Waals surface area contributed by atoms with E-state index >= 15 is 0 Å². The molecule has 1 heterocycles. The summed E-state index contributed by atoms with van der Waals surface area (Å²) in [4.78, 5) is 12.0. The van der Waals surface area contributed by atoms with E-state index in [1.54, 1.807) is 0 Å². The van der Waals surface area contributed by atoms with Crippen LogP contribution in [-0.4, -0.2) is 20.1 Å². The van der Waals surface area contributed by atoms with Crippen LogP contribution in [0.25, 0.3) is 0 Å². The predicted octanol–water partition coefficient (Wildman–Crippen LogP) is 2.04. The second kappa shape index (κ2) is 3.73. The third kappa shape index (κ3) is 1.67. The molecular weight excluding hydrogens is 212 g/mol. The molecule has 0 radical (unpaired) electrons. The zero-order valence-corrected chi connectivity index (χ0v) is 9.61. The third-order valence-corrected chi connectivity index (χ3v) is 3.79. The first kappa shape index (κ1) is 10.3. The highest BCUT2D eigenvalue weighted by Gasteiger charge is 2.32. The van der Waals surface area contributed by atoms with Crippen molar-refractivity contribution in [1.82, 2.24) is 0 Å². The lowest BCUT2D eigenvalue weighted by Crippen LogP contribution is -2.02. The lowest BCUT2D eigenvalue weighted by molar-refractivity contribution is 0.0607. The second-order valence-electron chi connectivity index (χ2n) is 3.60. The minimum atomic E-state index is -0.346. The van der Waals surface area contributed by atoms with Gasteiger partial charge in [-0.1, -0.05) is 0 Å². The summed E-state index contributed by atoms with van der Waals surface area (Å²) >= 11 is 1.38. The van der Waals surface area contributed by atoms with Crippen LogP contribution in [0.2, 0.25) is 0 Å². The van der Waals surface area contributed by atoms with Gasteiger partial charge in [0.25, 0.3) is 0 Å². The number of carbonyl (C=O) groups is 1. The second-order valence-corrected chi connectivity index (χ2v) is 4.62. The summed E-state index contributed by atoms with van der Waals surface area (Å²) in [6.45, 7) is 0. The smallest absolute Gasteiger partial charge is 0.350 e. The molecular formula is C10H14N2O2S. The van der Waals surface area contributed by atoms with Crippen LogP contribution in [0.4, 0.5) is 10.7 Å². The van der Waals surface area contributed by atoms with Crippen molar-refractivity contribution < 1.29 is 9.53 Å². The molecule has 0 atom stereocenters. The number of hydrogen-bond acceptors (Lipinski definition) is 5. The lowest BCUT2D eigenvalue weighted by Gasteiger charge is -2.01. The van der Waals surface area contributed by atoms with Crippen LogP contribution < -0.4 is 11.1 Å². The van der Waals surface area contributed by atoms with E-state index in [2.05, 4.69) is 5.32 Å². The van der Waals surface area contributed by atoms with Gasteiger partial charge in [0.1, 0.15) is 4.88 Å². The molecule has 2 rings (SSSR count). The Hall–Kier alpha value is -1.23. The van der Waals surface area contributed by atoms with Gasteiger partial charge in [0, 0.05) is 12.6 Å². The number of nitrogens with two attached hydrogens (primary N) is 1. The van der Waals surface area contributed by atoms with E-state index in [1.165, 1.54) is 18.4 Å². The van der Waals surface area contributed by atoms with Gasteiger partial charge in [-0.15, -0.1) is 11.3 Å². The molecule has 15 heavy (non-hydrogen) atoms. The number of rotatable bonds is 3. The van der Waals surface area contributed by atoms with Crippen molar-refractivity contribution in [2.75, 3.05) is 25.2 Å². The van der Waals surface area contributed by atoms with E-state index in [4.69, 9.17) is 10.5 Å². The van der Waals surface area contributed by atoms with Gasteiger partial charge >= 0.3 is 5.97 Å². The molecule has 0 aromatic carbocycles. The fourth-order valence-corrected chi connectivity index (χ4v) is 2.74. The van der Waals surface area contributed by atoms with Crippen LogP contribution >= 0.6 is 11.3 Å². The summed E-state index contributed by atoms with van der Waals surface area (Å²) in [7, 11) is 3.22. The first-order chi connectivity index (χ1) is 7.19. The van der Waals surface area contributed by atoms with Crippen molar-refractivity contribution in [2.24, 2.45) is 0 Å². The molecule has 5 heteroatoms. The van der Waals surface area contributed by atoms with Crippen molar-refractivity contribution in [3.63, 3.8) is 0 Å². The fourth-order valence-electron chi connectivity index (χ4n) is 1.66. The molecule has 0 spiro atoms. The van der Waals surface area contributed by atoms with Crippen molar-refractivity contribution >= 4 is 28.0 Å². The Kier molecular flexibility index (Phi) is 2.56. The van der Waals surface area contributed by atoms with Gasteiger partial charge in [-0.25, -0.2) is 4.79 Å². The van der Waals surface area contributed by atoms with Crippen molar-refractivity contribution in [1.29, 1.82) is 0 Å². The highest BCUT2D eigenvalue weighted by Crippen LogP contribution is 2.50. The van der Waals surface area contributed by atoms with E-state index in [1.807, 2.05) is 7.05 Å². The van der Waals surface area contributed by atoms with E-state index < -0.39 is 0 Å².